The summed E-state index contributed by atoms with van der Waals surface area (Å²) in [5.41, 5.74) is 2.39. The smallest absolute Gasteiger partial charge is 0.255 e. The zero-order valence-electron chi connectivity index (χ0n) is 11.7. The van der Waals surface area contributed by atoms with Crippen LogP contribution in [-0.2, 0) is 6.54 Å². The van der Waals surface area contributed by atoms with Crippen LogP contribution in [0.2, 0.25) is 5.02 Å². The molecule has 110 valence electrons. The van der Waals surface area contributed by atoms with Gasteiger partial charge in [0.15, 0.2) is 0 Å². The average Bonchev–Trinajstić information content (AvgIpc) is 3.01. The number of rotatable bonds is 4. The summed E-state index contributed by atoms with van der Waals surface area (Å²) in [4.78, 5) is 12.2. The van der Waals surface area contributed by atoms with Crippen LogP contribution in [0.1, 0.15) is 15.9 Å². The number of aromatic nitrogens is 2. The van der Waals surface area contributed by atoms with Gasteiger partial charge in [0.05, 0.1) is 6.54 Å². The van der Waals surface area contributed by atoms with E-state index in [9.17, 15) is 4.79 Å². The molecule has 0 unspecified atom stereocenters. The van der Waals surface area contributed by atoms with Gasteiger partial charge in [-0.05, 0) is 48.0 Å². The van der Waals surface area contributed by atoms with E-state index in [1.165, 1.54) is 0 Å². The van der Waals surface area contributed by atoms with Crippen molar-refractivity contribution in [3.63, 3.8) is 0 Å². The molecule has 1 heterocycles. The normalized spacial score (nSPS) is 10.4. The third kappa shape index (κ3) is 3.54. The lowest BCUT2D eigenvalue weighted by atomic mass is 10.1. The molecule has 3 aromatic rings. The highest BCUT2D eigenvalue weighted by Crippen LogP contribution is 2.15. The molecule has 4 nitrogen and oxygen atoms in total. The minimum absolute atomic E-state index is 0.159. The van der Waals surface area contributed by atoms with Gasteiger partial charge >= 0.3 is 0 Å². The molecule has 3 rings (SSSR count). The first-order valence-electron chi connectivity index (χ1n) is 6.84. The Bertz CT molecular complexity index is 767. The first-order valence-corrected chi connectivity index (χ1v) is 7.22. The van der Waals surface area contributed by atoms with Crippen molar-refractivity contribution in [1.29, 1.82) is 0 Å². The van der Waals surface area contributed by atoms with Gasteiger partial charge in [0.25, 0.3) is 5.91 Å². The standard InChI is InChI=1S/C17H14ClN3O/c18-15-7-5-14(6-8-15)17(22)20-16-4-1-3-13(11-16)12-21-10-2-9-19-21/h1-11H,12H2,(H,20,22). The molecule has 0 saturated heterocycles. The molecule has 0 bridgehead atoms. The zero-order chi connectivity index (χ0) is 15.4. The number of nitrogens with zero attached hydrogens (tertiary/aromatic N) is 2. The van der Waals surface area contributed by atoms with Gasteiger partial charge in [0.2, 0.25) is 0 Å². The fraction of sp³-hybridized carbons (Fsp3) is 0.0588. The highest BCUT2D eigenvalue weighted by molar-refractivity contribution is 6.30. The van der Waals surface area contributed by atoms with E-state index in [4.69, 9.17) is 11.6 Å². The number of hydrogen-bond donors (Lipinski definition) is 1. The van der Waals surface area contributed by atoms with E-state index in [0.29, 0.717) is 17.1 Å². The van der Waals surface area contributed by atoms with E-state index in [1.807, 2.05) is 41.2 Å². The third-order valence-corrected chi connectivity index (χ3v) is 3.45. The monoisotopic (exact) mass is 311 g/mol. The van der Waals surface area contributed by atoms with Crippen molar-refractivity contribution >= 4 is 23.2 Å². The summed E-state index contributed by atoms with van der Waals surface area (Å²) in [6, 6.07) is 16.4. The van der Waals surface area contributed by atoms with E-state index >= 15 is 0 Å². The summed E-state index contributed by atoms with van der Waals surface area (Å²) in [5, 5.41) is 7.67. The fourth-order valence-corrected chi connectivity index (χ4v) is 2.26. The summed E-state index contributed by atoms with van der Waals surface area (Å²) in [7, 11) is 0. The molecule has 5 heteroatoms. The Balaban J connectivity index is 1.72. The van der Waals surface area contributed by atoms with Gasteiger partial charge in [-0.1, -0.05) is 23.7 Å². The van der Waals surface area contributed by atoms with Crippen LogP contribution in [0.5, 0.6) is 0 Å². The molecule has 1 N–H and O–H groups in total. The molecule has 0 aliphatic heterocycles. The maximum atomic E-state index is 12.2. The van der Waals surface area contributed by atoms with Crippen LogP contribution in [0.15, 0.2) is 67.0 Å². The fourth-order valence-electron chi connectivity index (χ4n) is 2.13. The highest BCUT2D eigenvalue weighted by atomic mass is 35.5. The Morgan fingerprint density at radius 3 is 2.68 bits per heavy atom. The lowest BCUT2D eigenvalue weighted by Gasteiger charge is -2.08. The van der Waals surface area contributed by atoms with Crippen molar-refractivity contribution in [2.24, 2.45) is 0 Å². The SMILES string of the molecule is O=C(Nc1cccc(Cn2cccn2)c1)c1ccc(Cl)cc1. The molecule has 0 spiro atoms. The topological polar surface area (TPSA) is 46.9 Å². The predicted octanol–water partition coefficient (Wildman–Crippen LogP) is 3.84. The van der Waals surface area contributed by atoms with Crippen LogP contribution in [0, 0.1) is 0 Å². The molecule has 22 heavy (non-hydrogen) atoms. The summed E-state index contributed by atoms with van der Waals surface area (Å²) < 4.78 is 1.83. The molecule has 0 aliphatic carbocycles. The third-order valence-electron chi connectivity index (χ3n) is 3.20. The lowest BCUT2D eigenvalue weighted by molar-refractivity contribution is 0.102. The van der Waals surface area contributed by atoms with Crippen molar-refractivity contribution in [3.8, 4) is 0 Å². The van der Waals surface area contributed by atoms with Gasteiger partial charge in [-0.2, -0.15) is 5.10 Å². The number of anilines is 1. The number of halogens is 1. The number of nitrogens with one attached hydrogen (secondary N) is 1. The number of amides is 1. The number of carbonyl (C=O) groups excluding carboxylic acids is 1. The first-order chi connectivity index (χ1) is 10.7. The van der Waals surface area contributed by atoms with Gasteiger partial charge in [0, 0.05) is 28.7 Å². The molecular weight excluding hydrogens is 298 g/mol. The summed E-state index contributed by atoms with van der Waals surface area (Å²) in [5.74, 6) is -0.159. The molecule has 0 radical (unpaired) electrons. The Labute approximate surface area is 133 Å². The first kappa shape index (κ1) is 14.4. The molecule has 0 atom stereocenters. The van der Waals surface area contributed by atoms with E-state index in [0.717, 1.165) is 11.3 Å². The average molecular weight is 312 g/mol. The maximum absolute atomic E-state index is 12.2. The minimum atomic E-state index is -0.159. The Morgan fingerprint density at radius 1 is 1.14 bits per heavy atom. The van der Waals surface area contributed by atoms with E-state index in [1.54, 1.807) is 30.5 Å². The molecular formula is C17H14ClN3O. The van der Waals surface area contributed by atoms with Crippen LogP contribution in [0.25, 0.3) is 0 Å². The zero-order valence-corrected chi connectivity index (χ0v) is 12.5. The number of carbonyl (C=O) groups is 1. The number of benzene rings is 2. The Morgan fingerprint density at radius 2 is 1.95 bits per heavy atom. The van der Waals surface area contributed by atoms with Gasteiger partial charge in [0.1, 0.15) is 0 Å². The molecule has 0 fully saturated rings. The molecule has 1 amide bonds. The second kappa shape index (κ2) is 6.45. The van der Waals surface area contributed by atoms with E-state index in [2.05, 4.69) is 10.4 Å². The maximum Gasteiger partial charge on any atom is 0.255 e. The van der Waals surface area contributed by atoms with E-state index < -0.39 is 0 Å². The highest BCUT2D eigenvalue weighted by Gasteiger charge is 2.06. The van der Waals surface area contributed by atoms with Crippen LogP contribution < -0.4 is 5.32 Å². The summed E-state index contributed by atoms with van der Waals surface area (Å²) >= 11 is 5.83. The predicted molar refractivity (Wildman–Crippen MR) is 87.2 cm³/mol. The van der Waals surface area contributed by atoms with Crippen LogP contribution in [0.4, 0.5) is 5.69 Å². The van der Waals surface area contributed by atoms with Gasteiger partial charge in [-0.3, -0.25) is 9.48 Å². The summed E-state index contributed by atoms with van der Waals surface area (Å²) in [6.07, 6.45) is 3.64. The molecule has 0 saturated carbocycles. The van der Waals surface area contributed by atoms with Crippen LogP contribution in [-0.4, -0.2) is 15.7 Å². The second-order valence-electron chi connectivity index (χ2n) is 4.87. The van der Waals surface area contributed by atoms with E-state index in [-0.39, 0.29) is 5.91 Å². The second-order valence-corrected chi connectivity index (χ2v) is 5.30. The number of hydrogen-bond acceptors (Lipinski definition) is 2. The Hall–Kier alpha value is -2.59. The van der Waals surface area contributed by atoms with Gasteiger partial charge < -0.3 is 5.32 Å². The Kier molecular flexibility index (Phi) is 4.21. The molecule has 0 aliphatic rings. The van der Waals surface area contributed by atoms with Crippen molar-refractivity contribution in [3.05, 3.63) is 83.1 Å². The quantitative estimate of drug-likeness (QED) is 0.796. The van der Waals surface area contributed by atoms with Crippen molar-refractivity contribution in [2.45, 2.75) is 6.54 Å². The van der Waals surface area contributed by atoms with Crippen molar-refractivity contribution < 1.29 is 4.79 Å². The molecule has 1 aromatic heterocycles. The van der Waals surface area contributed by atoms with Gasteiger partial charge in [-0.25, -0.2) is 0 Å². The van der Waals surface area contributed by atoms with Gasteiger partial charge in [-0.15, -0.1) is 0 Å². The lowest BCUT2D eigenvalue weighted by Crippen LogP contribution is -2.12. The molecule has 2 aromatic carbocycles. The van der Waals surface area contributed by atoms with Crippen molar-refractivity contribution in [2.75, 3.05) is 5.32 Å². The summed E-state index contributed by atoms with van der Waals surface area (Å²) in [6.45, 7) is 0.664. The minimum Gasteiger partial charge on any atom is -0.322 e. The van der Waals surface area contributed by atoms with Crippen LogP contribution >= 0.6 is 11.6 Å². The van der Waals surface area contributed by atoms with Crippen LogP contribution in [0.3, 0.4) is 0 Å². The van der Waals surface area contributed by atoms with Crippen molar-refractivity contribution in [1.82, 2.24) is 9.78 Å². The largest absolute Gasteiger partial charge is 0.322 e.